The number of ether oxygens (including phenoxy) is 3. The number of fused-ring (bicyclic) bond motifs is 2. The van der Waals surface area contributed by atoms with E-state index in [1.54, 1.807) is 18.2 Å². The van der Waals surface area contributed by atoms with Crippen molar-refractivity contribution in [3.8, 4) is 11.5 Å². The predicted molar refractivity (Wildman–Crippen MR) is 139 cm³/mol. The number of piperidine rings is 1. The van der Waals surface area contributed by atoms with Gasteiger partial charge in [0.1, 0.15) is 11.1 Å². The molecule has 0 bridgehead atoms. The Labute approximate surface area is 211 Å². The van der Waals surface area contributed by atoms with Gasteiger partial charge in [-0.15, -0.1) is 0 Å². The fraction of sp³-hybridized carbons (Fsp3) is 0.429. The van der Waals surface area contributed by atoms with Gasteiger partial charge in [0.15, 0.2) is 17.1 Å². The van der Waals surface area contributed by atoms with Crippen LogP contribution in [0.25, 0.3) is 17.2 Å². The van der Waals surface area contributed by atoms with E-state index in [1.807, 2.05) is 19.1 Å². The Morgan fingerprint density at radius 1 is 1.22 bits per heavy atom. The maximum absolute atomic E-state index is 11.8. The third-order valence-electron chi connectivity index (χ3n) is 6.89. The van der Waals surface area contributed by atoms with Crippen molar-refractivity contribution in [1.82, 2.24) is 9.88 Å². The number of nitrogens with zero attached hydrogens (tertiary/aromatic N) is 2. The lowest BCUT2D eigenvalue weighted by Gasteiger charge is -2.39. The van der Waals surface area contributed by atoms with Gasteiger partial charge in [0.25, 0.3) is 6.01 Å². The van der Waals surface area contributed by atoms with Crippen LogP contribution in [0.4, 0.5) is 6.01 Å². The number of likely N-dealkylation sites (tertiary alicyclic amines) is 1. The highest BCUT2D eigenvalue weighted by molar-refractivity contribution is 5.93. The molecule has 190 valence electrons. The van der Waals surface area contributed by atoms with Gasteiger partial charge in [-0.3, -0.25) is 4.90 Å². The summed E-state index contributed by atoms with van der Waals surface area (Å²) in [5, 5.41) is 3.43. The number of esters is 1. The molecular formula is C28H33N3O5. The third kappa shape index (κ3) is 4.91. The lowest BCUT2D eigenvalue weighted by atomic mass is 9.91. The SMILES string of the molecule is CCOc1cccc2c1OC(C)(C)C(CN1CCC(Nc3nc4ccc(C(=O)OC)cc4o3)CC1)=C2. The topological polar surface area (TPSA) is 86.1 Å². The van der Waals surface area contributed by atoms with Crippen molar-refractivity contribution in [1.29, 1.82) is 0 Å². The van der Waals surface area contributed by atoms with E-state index in [0.717, 1.165) is 49.5 Å². The number of hydrogen-bond donors (Lipinski definition) is 1. The fourth-order valence-electron chi connectivity index (χ4n) is 4.83. The second kappa shape index (κ2) is 9.85. The summed E-state index contributed by atoms with van der Waals surface area (Å²) in [6, 6.07) is 11.9. The Morgan fingerprint density at radius 2 is 2.03 bits per heavy atom. The summed E-state index contributed by atoms with van der Waals surface area (Å²) in [6.07, 6.45) is 4.21. The summed E-state index contributed by atoms with van der Waals surface area (Å²) >= 11 is 0. The second-order valence-electron chi connectivity index (χ2n) is 9.78. The summed E-state index contributed by atoms with van der Waals surface area (Å²) in [4.78, 5) is 18.8. The van der Waals surface area contributed by atoms with Crippen LogP contribution < -0.4 is 14.8 Å². The molecule has 0 unspecified atom stereocenters. The number of aromatic nitrogens is 1. The molecule has 5 rings (SSSR count). The van der Waals surface area contributed by atoms with Gasteiger partial charge in [0, 0.05) is 31.2 Å². The maximum atomic E-state index is 11.8. The largest absolute Gasteiger partial charge is 0.490 e. The minimum absolute atomic E-state index is 0.272. The average Bonchev–Trinajstić information content (AvgIpc) is 3.27. The number of oxazole rings is 1. The zero-order valence-electron chi connectivity index (χ0n) is 21.3. The first-order chi connectivity index (χ1) is 17.4. The van der Waals surface area contributed by atoms with Crippen molar-refractivity contribution in [2.24, 2.45) is 0 Å². The summed E-state index contributed by atoms with van der Waals surface area (Å²) < 4.78 is 22.9. The van der Waals surface area contributed by atoms with E-state index >= 15 is 0 Å². The smallest absolute Gasteiger partial charge is 0.337 e. The molecule has 1 aromatic heterocycles. The van der Waals surface area contributed by atoms with Crippen molar-refractivity contribution in [3.05, 3.63) is 53.1 Å². The van der Waals surface area contributed by atoms with Gasteiger partial charge in [0.05, 0.1) is 19.3 Å². The first kappa shape index (κ1) is 24.2. The monoisotopic (exact) mass is 491 g/mol. The number of nitrogens with one attached hydrogen (secondary N) is 1. The van der Waals surface area contributed by atoms with Crippen molar-refractivity contribution in [2.45, 2.75) is 45.3 Å². The normalized spacial score (nSPS) is 17.7. The highest BCUT2D eigenvalue weighted by Gasteiger charge is 2.33. The van der Waals surface area contributed by atoms with Crippen LogP contribution in [0.3, 0.4) is 0 Å². The molecule has 0 saturated carbocycles. The average molecular weight is 492 g/mol. The number of carbonyl (C=O) groups excluding carboxylic acids is 1. The number of carbonyl (C=O) groups is 1. The first-order valence-electron chi connectivity index (χ1n) is 12.5. The van der Waals surface area contributed by atoms with Gasteiger partial charge in [-0.2, -0.15) is 4.98 Å². The van der Waals surface area contributed by atoms with Crippen LogP contribution in [-0.2, 0) is 4.74 Å². The van der Waals surface area contributed by atoms with Crippen LogP contribution in [0, 0.1) is 0 Å². The molecule has 8 heteroatoms. The van der Waals surface area contributed by atoms with Crippen LogP contribution in [0.5, 0.6) is 11.5 Å². The lowest BCUT2D eigenvalue weighted by molar-refractivity contribution is 0.0600. The molecule has 1 fully saturated rings. The van der Waals surface area contributed by atoms with Crippen molar-refractivity contribution in [2.75, 3.05) is 38.7 Å². The molecule has 0 amide bonds. The molecule has 2 aromatic carbocycles. The molecule has 1 N–H and O–H groups in total. The van der Waals surface area contributed by atoms with Gasteiger partial charge in [-0.05, 0) is 69.5 Å². The molecule has 0 spiro atoms. The van der Waals surface area contributed by atoms with Gasteiger partial charge in [-0.25, -0.2) is 4.79 Å². The Hall–Kier alpha value is -3.52. The molecule has 8 nitrogen and oxygen atoms in total. The molecule has 3 aromatic rings. The Balaban J connectivity index is 1.21. The molecule has 2 aliphatic rings. The van der Waals surface area contributed by atoms with E-state index in [4.69, 9.17) is 18.6 Å². The minimum atomic E-state index is -0.406. The molecule has 1 saturated heterocycles. The Bertz CT molecular complexity index is 1290. The highest BCUT2D eigenvalue weighted by Crippen LogP contribution is 2.42. The molecule has 3 heterocycles. The predicted octanol–water partition coefficient (Wildman–Crippen LogP) is 5.14. The van der Waals surface area contributed by atoms with Gasteiger partial charge in [0.2, 0.25) is 0 Å². The van der Waals surface area contributed by atoms with Crippen molar-refractivity contribution >= 4 is 29.2 Å². The van der Waals surface area contributed by atoms with Crippen LogP contribution >= 0.6 is 0 Å². The zero-order valence-corrected chi connectivity index (χ0v) is 21.3. The van der Waals surface area contributed by atoms with E-state index < -0.39 is 11.6 Å². The molecular weight excluding hydrogens is 458 g/mol. The maximum Gasteiger partial charge on any atom is 0.337 e. The van der Waals surface area contributed by atoms with Gasteiger partial charge in [-0.1, -0.05) is 12.1 Å². The number of anilines is 1. The zero-order chi connectivity index (χ0) is 25.3. The minimum Gasteiger partial charge on any atom is -0.490 e. The highest BCUT2D eigenvalue weighted by atomic mass is 16.5. The number of para-hydroxylation sites is 1. The Kier molecular flexibility index (Phi) is 6.62. The number of benzene rings is 2. The standard InChI is InChI=1S/C28H33N3O5/c1-5-34-23-8-6-7-18-15-20(28(2,3)36-25(18)23)17-31-13-11-21(12-14-31)29-27-30-22-10-9-19(26(32)33-4)16-24(22)35-27/h6-10,15-16,21H,5,11-14,17H2,1-4H3,(H,29,30). The summed E-state index contributed by atoms with van der Waals surface area (Å²) in [6.45, 7) is 9.62. The van der Waals surface area contributed by atoms with Crippen LogP contribution in [0.2, 0.25) is 0 Å². The number of methoxy groups -OCH3 is 1. The van der Waals surface area contributed by atoms with E-state index in [0.29, 0.717) is 29.3 Å². The van der Waals surface area contributed by atoms with Gasteiger partial charge < -0.3 is 23.9 Å². The van der Waals surface area contributed by atoms with Crippen LogP contribution in [0.1, 0.15) is 49.5 Å². The summed E-state index contributed by atoms with van der Waals surface area (Å²) in [5.74, 6) is 1.23. The van der Waals surface area contributed by atoms with E-state index in [1.165, 1.54) is 12.7 Å². The third-order valence-corrected chi connectivity index (χ3v) is 6.89. The quantitative estimate of drug-likeness (QED) is 0.455. The molecule has 0 atom stereocenters. The molecule has 0 radical (unpaired) electrons. The van der Waals surface area contributed by atoms with E-state index in [9.17, 15) is 4.79 Å². The van der Waals surface area contributed by atoms with Crippen molar-refractivity contribution < 1.29 is 23.4 Å². The number of hydrogen-bond acceptors (Lipinski definition) is 8. The lowest BCUT2D eigenvalue weighted by Crippen LogP contribution is -2.44. The van der Waals surface area contributed by atoms with Crippen LogP contribution in [0.15, 0.2) is 46.4 Å². The van der Waals surface area contributed by atoms with E-state index in [2.05, 4.69) is 41.2 Å². The molecule has 2 aliphatic heterocycles. The summed E-state index contributed by atoms with van der Waals surface area (Å²) in [5.41, 5.74) is 3.64. The van der Waals surface area contributed by atoms with E-state index in [-0.39, 0.29) is 6.04 Å². The second-order valence-corrected chi connectivity index (χ2v) is 9.78. The van der Waals surface area contributed by atoms with Crippen molar-refractivity contribution in [3.63, 3.8) is 0 Å². The Morgan fingerprint density at radius 3 is 2.78 bits per heavy atom. The summed E-state index contributed by atoms with van der Waals surface area (Å²) in [7, 11) is 1.36. The number of rotatable bonds is 7. The van der Waals surface area contributed by atoms with Gasteiger partial charge >= 0.3 is 5.97 Å². The first-order valence-corrected chi connectivity index (χ1v) is 12.5. The molecule has 0 aliphatic carbocycles. The van der Waals surface area contributed by atoms with Crippen LogP contribution in [-0.4, -0.2) is 60.8 Å². The molecule has 36 heavy (non-hydrogen) atoms. The fourth-order valence-corrected chi connectivity index (χ4v) is 4.83.